The first-order valence-electron chi connectivity index (χ1n) is 11.4. The van der Waals surface area contributed by atoms with Crippen LogP contribution in [0.4, 0.5) is 23.4 Å². The molecule has 0 amide bonds. The number of rotatable bonds is 6. The first-order valence-corrected chi connectivity index (χ1v) is 11.4. The highest BCUT2D eigenvalue weighted by atomic mass is 19.4. The van der Waals surface area contributed by atoms with Gasteiger partial charge in [-0.3, -0.25) is 4.98 Å². The van der Waals surface area contributed by atoms with Gasteiger partial charge in [0.25, 0.3) is 0 Å². The van der Waals surface area contributed by atoms with Gasteiger partial charge >= 0.3 is 18.1 Å². The number of halogens is 4. The molecule has 0 spiro atoms. The van der Waals surface area contributed by atoms with E-state index in [-0.39, 0.29) is 23.2 Å². The number of ether oxygens (including phenoxy) is 1. The van der Waals surface area contributed by atoms with E-state index in [1.807, 2.05) is 11.8 Å². The number of hydrogen-bond acceptors (Lipinski definition) is 8. The van der Waals surface area contributed by atoms with Crippen molar-refractivity contribution in [2.45, 2.75) is 50.4 Å². The Hall–Kier alpha value is -3.61. The second-order valence-corrected chi connectivity index (χ2v) is 9.22. The third-order valence-electron chi connectivity index (χ3n) is 6.76. The molecule has 190 valence electrons. The first-order chi connectivity index (χ1) is 17.0. The molecule has 3 aromatic rings. The van der Waals surface area contributed by atoms with Crippen LogP contribution in [0, 0.1) is 11.7 Å². The minimum absolute atomic E-state index is 0.0507. The Kier molecular flexibility index (Phi) is 5.69. The van der Waals surface area contributed by atoms with E-state index in [1.165, 1.54) is 23.0 Å². The molecule has 2 fully saturated rings. The minimum atomic E-state index is -5.32. The van der Waals surface area contributed by atoms with E-state index in [0.29, 0.717) is 25.2 Å². The summed E-state index contributed by atoms with van der Waals surface area (Å²) < 4.78 is 57.1. The van der Waals surface area contributed by atoms with Crippen molar-refractivity contribution in [3.8, 4) is 0 Å². The summed E-state index contributed by atoms with van der Waals surface area (Å²) in [5.74, 6) is -3.92. The minimum Gasteiger partial charge on any atom is -0.382 e. The fourth-order valence-corrected chi connectivity index (χ4v) is 5.02. The highest BCUT2D eigenvalue weighted by Gasteiger charge is 2.64. The predicted octanol–water partition coefficient (Wildman–Crippen LogP) is 2.91. The van der Waals surface area contributed by atoms with E-state index in [9.17, 15) is 27.2 Å². The van der Waals surface area contributed by atoms with E-state index in [2.05, 4.69) is 19.8 Å². The van der Waals surface area contributed by atoms with Crippen molar-refractivity contribution in [2.75, 3.05) is 11.4 Å². The second-order valence-electron chi connectivity index (χ2n) is 9.22. The van der Waals surface area contributed by atoms with Gasteiger partial charge in [-0.05, 0) is 50.7 Å². The quantitative estimate of drug-likeness (QED) is 0.308. The molecule has 3 aromatic heterocycles. The number of alkyl halides is 3. The van der Waals surface area contributed by atoms with Crippen LogP contribution in [-0.4, -0.2) is 50.3 Å². The smallest absolute Gasteiger partial charge is 0.382 e. The van der Waals surface area contributed by atoms with Crippen LogP contribution < -0.4 is 10.6 Å². The van der Waals surface area contributed by atoms with Gasteiger partial charge in [-0.1, -0.05) is 0 Å². The standard InChI is InChI=1S/C23H22F4N6O3/c1-12(28)2-3-17-16(8-14(24)10-29-17)22-9-13(22)4-6-32(22)18-5-7-33-19(31-18)15(11-30-33)20(34)36-21(35)23(25,26)27/h5,7-8,10-13H,2-4,6,9,28H2,1H3/t12-,13?,22?/m1/s1. The third kappa shape index (κ3) is 4.06. The van der Waals surface area contributed by atoms with E-state index in [4.69, 9.17) is 5.73 Å². The molecule has 1 aliphatic heterocycles. The lowest BCUT2D eigenvalue weighted by molar-refractivity contribution is -0.193. The maximum absolute atomic E-state index is 14.3. The molecule has 2 aliphatic rings. The lowest BCUT2D eigenvalue weighted by Gasteiger charge is -2.31. The van der Waals surface area contributed by atoms with Crippen LogP contribution in [-0.2, 0) is 21.5 Å². The first kappa shape index (κ1) is 24.1. The zero-order chi connectivity index (χ0) is 25.8. The maximum atomic E-state index is 14.3. The van der Waals surface area contributed by atoms with Crippen LogP contribution in [0.5, 0.6) is 0 Å². The number of hydrogen-bond donors (Lipinski definition) is 1. The molecule has 2 unspecified atom stereocenters. The Morgan fingerprint density at radius 1 is 1.33 bits per heavy atom. The summed E-state index contributed by atoms with van der Waals surface area (Å²) in [6.07, 6.45) is 1.18. The number of aryl methyl sites for hydroxylation is 1. The van der Waals surface area contributed by atoms with Gasteiger partial charge in [0.2, 0.25) is 0 Å². The molecule has 5 rings (SSSR count). The summed E-state index contributed by atoms with van der Waals surface area (Å²) in [5.41, 5.74) is 6.43. The summed E-state index contributed by atoms with van der Waals surface area (Å²) in [5, 5.41) is 3.92. The van der Waals surface area contributed by atoms with E-state index in [0.717, 1.165) is 30.3 Å². The SMILES string of the molecule is C[C@@H](N)CCc1ncc(F)cc1C12CC1CCN2c1ccn2ncc(C(=O)OC(=O)C(F)(F)F)c2n1. The Morgan fingerprint density at radius 3 is 2.81 bits per heavy atom. The van der Waals surface area contributed by atoms with Gasteiger partial charge in [-0.2, -0.15) is 18.3 Å². The van der Waals surface area contributed by atoms with Crippen molar-refractivity contribution >= 4 is 23.4 Å². The predicted molar refractivity (Wildman–Crippen MR) is 117 cm³/mol. The molecule has 9 nitrogen and oxygen atoms in total. The average molecular weight is 506 g/mol. The molecule has 3 atom stereocenters. The van der Waals surface area contributed by atoms with Gasteiger partial charge in [-0.25, -0.2) is 23.5 Å². The monoisotopic (exact) mass is 506 g/mol. The van der Waals surface area contributed by atoms with Crippen LogP contribution in [0.2, 0.25) is 0 Å². The number of fused-ring (bicyclic) bond motifs is 2. The highest BCUT2D eigenvalue weighted by Crippen LogP contribution is 2.63. The van der Waals surface area contributed by atoms with Crippen molar-refractivity contribution in [3.63, 3.8) is 0 Å². The summed E-state index contributed by atoms with van der Waals surface area (Å²) in [6.45, 7) is 2.48. The number of aromatic nitrogens is 4. The molecular formula is C23H22F4N6O3. The summed E-state index contributed by atoms with van der Waals surface area (Å²) in [4.78, 5) is 34.2. The molecule has 0 aromatic carbocycles. The fraction of sp³-hybridized carbons (Fsp3) is 0.435. The van der Waals surface area contributed by atoms with Crippen molar-refractivity contribution in [1.82, 2.24) is 19.6 Å². The molecule has 0 radical (unpaired) electrons. The highest BCUT2D eigenvalue weighted by molar-refractivity contribution is 6.02. The lowest BCUT2D eigenvalue weighted by atomic mass is 9.97. The Bertz CT molecular complexity index is 1360. The van der Waals surface area contributed by atoms with E-state index < -0.39 is 29.5 Å². The zero-order valence-electron chi connectivity index (χ0n) is 19.1. The second kappa shape index (κ2) is 8.50. The van der Waals surface area contributed by atoms with Crippen molar-refractivity contribution in [2.24, 2.45) is 11.7 Å². The normalized spacial score (nSPS) is 21.9. The topological polar surface area (TPSA) is 116 Å². The number of carbonyl (C=O) groups is 2. The Morgan fingerprint density at radius 2 is 2.11 bits per heavy atom. The molecule has 1 saturated heterocycles. The molecule has 4 heterocycles. The van der Waals surface area contributed by atoms with E-state index >= 15 is 0 Å². The summed E-state index contributed by atoms with van der Waals surface area (Å²) in [6, 6.07) is 3.10. The van der Waals surface area contributed by atoms with Crippen molar-refractivity contribution in [3.05, 3.63) is 53.4 Å². The van der Waals surface area contributed by atoms with Crippen molar-refractivity contribution in [1.29, 1.82) is 0 Å². The zero-order valence-corrected chi connectivity index (χ0v) is 19.1. The largest absolute Gasteiger partial charge is 0.491 e. The number of nitrogens with zero attached hydrogens (tertiary/aromatic N) is 5. The molecule has 1 aliphatic carbocycles. The fourth-order valence-electron chi connectivity index (χ4n) is 5.02. The number of piperidine rings is 1. The van der Waals surface area contributed by atoms with Crippen LogP contribution in [0.3, 0.4) is 0 Å². The van der Waals surface area contributed by atoms with Gasteiger partial charge in [0, 0.05) is 30.0 Å². The van der Waals surface area contributed by atoms with Crippen LogP contribution in [0.25, 0.3) is 5.65 Å². The molecule has 2 N–H and O–H groups in total. The molecule has 0 bridgehead atoms. The summed E-state index contributed by atoms with van der Waals surface area (Å²) >= 11 is 0. The van der Waals surface area contributed by atoms with Crippen LogP contribution in [0.15, 0.2) is 30.7 Å². The van der Waals surface area contributed by atoms with Crippen LogP contribution in [0.1, 0.15) is 47.8 Å². The van der Waals surface area contributed by atoms with Gasteiger partial charge in [0.1, 0.15) is 17.2 Å². The third-order valence-corrected chi connectivity index (χ3v) is 6.76. The van der Waals surface area contributed by atoms with Gasteiger partial charge < -0.3 is 15.4 Å². The van der Waals surface area contributed by atoms with Gasteiger partial charge in [-0.15, -0.1) is 0 Å². The summed E-state index contributed by atoms with van der Waals surface area (Å²) in [7, 11) is 0. The molecule has 36 heavy (non-hydrogen) atoms. The average Bonchev–Trinajstić information content (AvgIpc) is 3.19. The Balaban J connectivity index is 1.50. The lowest BCUT2D eigenvalue weighted by Crippen LogP contribution is -2.35. The number of anilines is 1. The van der Waals surface area contributed by atoms with Gasteiger partial charge in [0.05, 0.1) is 17.9 Å². The number of nitrogens with two attached hydrogens (primary N) is 1. The number of pyridine rings is 1. The van der Waals surface area contributed by atoms with E-state index in [1.54, 1.807) is 6.07 Å². The maximum Gasteiger partial charge on any atom is 0.491 e. The number of esters is 2. The Labute approximate surface area is 202 Å². The molecule has 1 saturated carbocycles. The number of carbonyl (C=O) groups excluding carboxylic acids is 2. The molecule has 13 heteroatoms. The van der Waals surface area contributed by atoms with Crippen LogP contribution >= 0.6 is 0 Å². The van der Waals surface area contributed by atoms with Crippen molar-refractivity contribution < 1.29 is 31.9 Å². The van der Waals surface area contributed by atoms with Gasteiger partial charge in [0.15, 0.2) is 5.65 Å². The molecular weight excluding hydrogens is 484 g/mol.